The zero-order chi connectivity index (χ0) is 56.1. The summed E-state index contributed by atoms with van der Waals surface area (Å²) in [5.74, 6) is -3.21. The standard InChI is InChI=1S/C65H108O12/c1-4-7-10-13-16-19-22-25-27-29-31-34-36-39-42-45-48-51-57(66)73-54-56(75-58(67)52-49-46-43-40-37-33-24-21-18-15-12-9-6-3)55-74-65-63(61(70)60(69)62(77-65)64(71)72)76-59(68)53-50-47-44-41-38-35-32-30-28-26-23-20-17-14-11-8-5-2/h8,11-12,15,17,20-21,24,26,28,32,35,41,44,56,60-63,65,69-70H,4-7,9-10,13-14,16,18-19,22-23,25,27,29-31,33-34,36-40,42-43,45-55H2,1-3H3,(H,71,72)/b11-8-,15-12-,20-17-,24-21-,28-26-,35-32-,44-41-. The van der Waals surface area contributed by atoms with Gasteiger partial charge in [-0.05, 0) is 83.5 Å². The van der Waals surface area contributed by atoms with Crippen LogP contribution in [0.1, 0.15) is 252 Å². The summed E-state index contributed by atoms with van der Waals surface area (Å²) in [4.78, 5) is 51.1. The highest BCUT2D eigenvalue weighted by molar-refractivity contribution is 5.74. The number of aliphatic carboxylic acids is 1. The second-order valence-electron chi connectivity index (χ2n) is 20.6. The zero-order valence-corrected chi connectivity index (χ0v) is 48.4. The molecule has 6 atom stereocenters. The second-order valence-corrected chi connectivity index (χ2v) is 20.6. The molecule has 0 spiro atoms. The number of carbonyl (C=O) groups is 4. The van der Waals surface area contributed by atoms with E-state index >= 15 is 0 Å². The summed E-state index contributed by atoms with van der Waals surface area (Å²) in [7, 11) is 0. The van der Waals surface area contributed by atoms with E-state index in [0.717, 1.165) is 103 Å². The van der Waals surface area contributed by atoms with Gasteiger partial charge in [-0.1, -0.05) is 234 Å². The van der Waals surface area contributed by atoms with Crippen molar-refractivity contribution >= 4 is 23.9 Å². The average molecular weight is 1080 g/mol. The van der Waals surface area contributed by atoms with Crippen LogP contribution in [0.2, 0.25) is 0 Å². The lowest BCUT2D eigenvalue weighted by Crippen LogP contribution is -2.61. The van der Waals surface area contributed by atoms with Crippen LogP contribution >= 0.6 is 0 Å². The van der Waals surface area contributed by atoms with E-state index in [9.17, 15) is 34.5 Å². The van der Waals surface area contributed by atoms with Gasteiger partial charge in [-0.15, -0.1) is 0 Å². The maximum atomic E-state index is 13.1. The van der Waals surface area contributed by atoms with Crippen molar-refractivity contribution in [1.82, 2.24) is 0 Å². The van der Waals surface area contributed by atoms with Crippen LogP contribution in [0, 0.1) is 0 Å². The number of rotatable bonds is 51. The molecule has 1 rings (SSSR count). The van der Waals surface area contributed by atoms with E-state index < -0.39 is 67.3 Å². The van der Waals surface area contributed by atoms with Gasteiger partial charge in [0.15, 0.2) is 24.6 Å². The molecule has 3 N–H and O–H groups in total. The smallest absolute Gasteiger partial charge is 0.335 e. The van der Waals surface area contributed by atoms with Gasteiger partial charge in [-0.2, -0.15) is 0 Å². The number of unbranched alkanes of at least 4 members (excludes halogenated alkanes) is 23. The first-order valence-electron chi connectivity index (χ1n) is 30.6. The number of allylic oxidation sites excluding steroid dienone is 14. The summed E-state index contributed by atoms with van der Waals surface area (Å²) in [6, 6.07) is 0. The van der Waals surface area contributed by atoms with E-state index in [2.05, 4.69) is 93.7 Å². The molecule has 77 heavy (non-hydrogen) atoms. The van der Waals surface area contributed by atoms with Crippen LogP contribution in [-0.2, 0) is 42.9 Å². The lowest BCUT2D eigenvalue weighted by Gasteiger charge is -2.40. The molecule has 0 aliphatic carbocycles. The molecule has 6 unspecified atom stereocenters. The predicted molar refractivity (Wildman–Crippen MR) is 312 cm³/mol. The Morgan fingerprint density at radius 1 is 0.442 bits per heavy atom. The molecule has 440 valence electrons. The third-order valence-corrected chi connectivity index (χ3v) is 13.4. The number of hydrogen-bond donors (Lipinski definition) is 3. The number of aliphatic hydroxyl groups is 2. The van der Waals surface area contributed by atoms with Gasteiger partial charge >= 0.3 is 23.9 Å². The van der Waals surface area contributed by atoms with Crippen molar-refractivity contribution in [2.24, 2.45) is 0 Å². The maximum Gasteiger partial charge on any atom is 0.335 e. The van der Waals surface area contributed by atoms with Crippen molar-refractivity contribution in [2.75, 3.05) is 13.2 Å². The van der Waals surface area contributed by atoms with Gasteiger partial charge in [-0.25, -0.2) is 4.79 Å². The number of esters is 3. The monoisotopic (exact) mass is 1080 g/mol. The number of carboxylic acid groups (broad SMARTS) is 1. The van der Waals surface area contributed by atoms with Gasteiger partial charge < -0.3 is 39.0 Å². The third kappa shape index (κ3) is 42.5. The molecule has 1 heterocycles. The molecular formula is C65H108O12. The van der Waals surface area contributed by atoms with E-state index in [4.69, 9.17) is 23.7 Å². The summed E-state index contributed by atoms with van der Waals surface area (Å²) in [5, 5.41) is 31.5. The quantitative estimate of drug-likeness (QED) is 0.0228. The zero-order valence-electron chi connectivity index (χ0n) is 48.4. The molecule has 0 amide bonds. The van der Waals surface area contributed by atoms with Gasteiger partial charge in [0, 0.05) is 19.3 Å². The summed E-state index contributed by atoms with van der Waals surface area (Å²) < 4.78 is 28.4. The van der Waals surface area contributed by atoms with Crippen molar-refractivity contribution in [3.05, 3.63) is 85.1 Å². The molecular weight excluding hydrogens is 973 g/mol. The highest BCUT2D eigenvalue weighted by atomic mass is 16.7. The summed E-state index contributed by atoms with van der Waals surface area (Å²) in [5.41, 5.74) is 0. The lowest BCUT2D eigenvalue weighted by atomic mass is 9.98. The Morgan fingerprint density at radius 3 is 1.34 bits per heavy atom. The summed E-state index contributed by atoms with van der Waals surface area (Å²) >= 11 is 0. The van der Waals surface area contributed by atoms with Crippen LogP contribution in [0.25, 0.3) is 0 Å². The van der Waals surface area contributed by atoms with Crippen LogP contribution in [0.15, 0.2) is 85.1 Å². The molecule has 0 radical (unpaired) electrons. The molecule has 1 aliphatic rings. The number of hydrogen-bond acceptors (Lipinski definition) is 11. The summed E-state index contributed by atoms with van der Waals surface area (Å²) in [6.45, 7) is 5.79. The molecule has 12 heteroatoms. The van der Waals surface area contributed by atoms with Crippen LogP contribution in [-0.4, -0.2) is 89.2 Å². The largest absolute Gasteiger partial charge is 0.479 e. The van der Waals surface area contributed by atoms with E-state index in [1.165, 1.54) is 83.5 Å². The van der Waals surface area contributed by atoms with Crippen molar-refractivity contribution < 1.29 is 58.2 Å². The molecule has 12 nitrogen and oxygen atoms in total. The van der Waals surface area contributed by atoms with E-state index in [0.29, 0.717) is 25.7 Å². The third-order valence-electron chi connectivity index (χ3n) is 13.4. The Morgan fingerprint density at radius 2 is 0.857 bits per heavy atom. The Labute approximate surface area is 467 Å². The topological polar surface area (TPSA) is 175 Å². The van der Waals surface area contributed by atoms with Crippen LogP contribution in [0.3, 0.4) is 0 Å². The SMILES string of the molecule is CC/C=C\C/C=C\C/C=C\C/C=C\C/C=C\CCCC(=O)OC1C(OCC(COC(=O)CCCCCCCCCCCCCCCCCCC)OC(=O)CCCCCCC/C=C\C/C=C\CCC)OC(C(=O)O)C(O)C1O. The van der Waals surface area contributed by atoms with Crippen LogP contribution < -0.4 is 0 Å². The fraction of sp³-hybridized carbons (Fsp3) is 0.723. The fourth-order valence-corrected chi connectivity index (χ4v) is 8.79. The Bertz CT molecular complexity index is 1660. The first kappa shape index (κ1) is 70.9. The van der Waals surface area contributed by atoms with Gasteiger partial charge in [0.2, 0.25) is 0 Å². The molecule has 0 saturated carbocycles. The van der Waals surface area contributed by atoms with Crippen molar-refractivity contribution in [3.63, 3.8) is 0 Å². The molecule has 1 saturated heterocycles. The minimum Gasteiger partial charge on any atom is -0.479 e. The van der Waals surface area contributed by atoms with Crippen LogP contribution in [0.4, 0.5) is 0 Å². The first-order chi connectivity index (χ1) is 37.6. The van der Waals surface area contributed by atoms with Gasteiger partial charge in [0.1, 0.15) is 18.8 Å². The number of carbonyl (C=O) groups excluding carboxylic acids is 3. The van der Waals surface area contributed by atoms with Crippen molar-refractivity contribution in [1.29, 1.82) is 0 Å². The van der Waals surface area contributed by atoms with Crippen molar-refractivity contribution in [3.8, 4) is 0 Å². The Kier molecular flexibility index (Phi) is 48.4. The number of ether oxygens (including phenoxy) is 5. The van der Waals surface area contributed by atoms with Gasteiger partial charge in [0.05, 0.1) is 6.61 Å². The van der Waals surface area contributed by atoms with Crippen LogP contribution in [0.5, 0.6) is 0 Å². The van der Waals surface area contributed by atoms with E-state index in [-0.39, 0.29) is 25.9 Å². The minimum atomic E-state index is -1.93. The van der Waals surface area contributed by atoms with E-state index in [1.807, 2.05) is 12.2 Å². The highest BCUT2D eigenvalue weighted by Crippen LogP contribution is 2.26. The van der Waals surface area contributed by atoms with E-state index in [1.54, 1.807) is 0 Å². The first-order valence-corrected chi connectivity index (χ1v) is 30.6. The maximum absolute atomic E-state index is 13.1. The molecule has 0 aromatic heterocycles. The number of carboxylic acids is 1. The number of aliphatic hydroxyl groups excluding tert-OH is 2. The molecule has 0 aromatic rings. The van der Waals surface area contributed by atoms with Gasteiger partial charge in [-0.3, -0.25) is 14.4 Å². The molecule has 0 bridgehead atoms. The van der Waals surface area contributed by atoms with Crippen molar-refractivity contribution in [2.45, 2.75) is 289 Å². The highest BCUT2D eigenvalue weighted by Gasteiger charge is 2.50. The molecule has 0 aromatic carbocycles. The second kappa shape index (κ2) is 52.6. The summed E-state index contributed by atoms with van der Waals surface area (Å²) in [6.07, 6.45) is 55.6. The minimum absolute atomic E-state index is 0.0214. The Balaban J connectivity index is 2.71. The Hall–Kier alpha value is -4.10. The predicted octanol–water partition coefficient (Wildman–Crippen LogP) is 15.9. The normalized spacial score (nSPS) is 18.6. The van der Waals surface area contributed by atoms with Gasteiger partial charge in [0.25, 0.3) is 0 Å². The lowest BCUT2D eigenvalue weighted by molar-refractivity contribution is -0.301. The molecule has 1 fully saturated rings. The molecule has 1 aliphatic heterocycles. The fourth-order valence-electron chi connectivity index (χ4n) is 8.79. The average Bonchev–Trinajstić information content (AvgIpc) is 3.42.